The van der Waals surface area contributed by atoms with Gasteiger partial charge in [0.25, 0.3) is 0 Å². The number of unbranched alkanes of at least 4 members (excludes halogenated alkanes) is 6. The molecule has 4 N–H and O–H groups in total. The SMILES string of the molecule is CCNCCCCNCCCCCCCNCCCCNCC. The Balaban J connectivity index is 2.92. The first-order valence-electron chi connectivity index (χ1n) is 10.2. The first-order chi connectivity index (χ1) is 11.4. The Bertz CT molecular complexity index is 180. The van der Waals surface area contributed by atoms with E-state index < -0.39 is 0 Å². The molecule has 0 rings (SSSR count). The highest BCUT2D eigenvalue weighted by Gasteiger charge is 1.93. The Hall–Kier alpha value is -0.160. The molecule has 0 aromatic rings. The van der Waals surface area contributed by atoms with Crippen LogP contribution in [0.1, 0.15) is 71.6 Å². The van der Waals surface area contributed by atoms with Crippen molar-refractivity contribution in [1.29, 1.82) is 0 Å². The van der Waals surface area contributed by atoms with Gasteiger partial charge in [0.2, 0.25) is 0 Å². The van der Waals surface area contributed by atoms with Crippen molar-refractivity contribution in [1.82, 2.24) is 21.3 Å². The van der Waals surface area contributed by atoms with E-state index in [0.717, 1.165) is 13.1 Å². The van der Waals surface area contributed by atoms with Crippen LogP contribution in [0.2, 0.25) is 0 Å². The Kier molecular flexibility index (Phi) is 21.7. The molecule has 23 heavy (non-hydrogen) atoms. The molecule has 0 aliphatic rings. The van der Waals surface area contributed by atoms with Crippen molar-refractivity contribution in [2.75, 3.05) is 52.4 Å². The molecule has 0 saturated heterocycles. The van der Waals surface area contributed by atoms with Gasteiger partial charge in [-0.05, 0) is 90.9 Å². The highest BCUT2D eigenvalue weighted by Crippen LogP contribution is 2.01. The third-order valence-electron chi connectivity index (χ3n) is 4.12. The smallest absolute Gasteiger partial charge is 0.00484 e. The van der Waals surface area contributed by atoms with E-state index in [4.69, 9.17) is 0 Å². The highest BCUT2D eigenvalue weighted by molar-refractivity contribution is 4.54. The molecule has 0 aliphatic heterocycles. The zero-order valence-electron chi connectivity index (χ0n) is 16.0. The van der Waals surface area contributed by atoms with Crippen molar-refractivity contribution in [2.45, 2.75) is 71.6 Å². The molecule has 0 aromatic heterocycles. The molecule has 0 atom stereocenters. The molecule has 0 aliphatic carbocycles. The van der Waals surface area contributed by atoms with Crippen LogP contribution in [0, 0.1) is 0 Å². The third-order valence-corrected chi connectivity index (χ3v) is 4.12. The van der Waals surface area contributed by atoms with Crippen molar-refractivity contribution >= 4 is 0 Å². The molecule has 0 amide bonds. The van der Waals surface area contributed by atoms with Gasteiger partial charge < -0.3 is 21.3 Å². The van der Waals surface area contributed by atoms with Gasteiger partial charge in [-0.25, -0.2) is 0 Å². The average molecular weight is 329 g/mol. The fourth-order valence-corrected chi connectivity index (χ4v) is 2.63. The Morgan fingerprint density at radius 1 is 0.348 bits per heavy atom. The topological polar surface area (TPSA) is 48.1 Å². The molecule has 0 aromatic carbocycles. The molecular weight excluding hydrogens is 284 g/mol. The van der Waals surface area contributed by atoms with Crippen LogP contribution < -0.4 is 21.3 Å². The van der Waals surface area contributed by atoms with E-state index in [1.54, 1.807) is 0 Å². The van der Waals surface area contributed by atoms with E-state index in [-0.39, 0.29) is 0 Å². The average Bonchev–Trinajstić information content (AvgIpc) is 2.57. The molecule has 0 unspecified atom stereocenters. The molecule has 0 fully saturated rings. The molecule has 140 valence electrons. The van der Waals surface area contributed by atoms with E-state index in [0.29, 0.717) is 0 Å². The Labute approximate surface area is 146 Å². The van der Waals surface area contributed by atoms with Crippen molar-refractivity contribution in [2.24, 2.45) is 0 Å². The summed E-state index contributed by atoms with van der Waals surface area (Å²) in [6.45, 7) is 13.6. The van der Waals surface area contributed by atoms with Crippen LogP contribution in [0.3, 0.4) is 0 Å². The van der Waals surface area contributed by atoms with Gasteiger partial charge in [-0.2, -0.15) is 0 Å². The third kappa shape index (κ3) is 21.8. The number of hydrogen-bond acceptors (Lipinski definition) is 4. The zero-order valence-corrected chi connectivity index (χ0v) is 16.0. The van der Waals surface area contributed by atoms with Gasteiger partial charge in [0.05, 0.1) is 0 Å². The lowest BCUT2D eigenvalue weighted by Crippen LogP contribution is -2.20. The lowest BCUT2D eigenvalue weighted by molar-refractivity contribution is 0.535. The van der Waals surface area contributed by atoms with Gasteiger partial charge in [-0.1, -0.05) is 33.1 Å². The fourth-order valence-electron chi connectivity index (χ4n) is 2.63. The Morgan fingerprint density at radius 2 is 0.609 bits per heavy atom. The summed E-state index contributed by atoms with van der Waals surface area (Å²) in [5.41, 5.74) is 0. The van der Waals surface area contributed by atoms with E-state index in [2.05, 4.69) is 35.1 Å². The maximum Gasteiger partial charge on any atom is -0.00484 e. The van der Waals surface area contributed by atoms with Gasteiger partial charge >= 0.3 is 0 Å². The van der Waals surface area contributed by atoms with E-state index >= 15 is 0 Å². The largest absolute Gasteiger partial charge is 0.317 e. The monoisotopic (exact) mass is 328 g/mol. The van der Waals surface area contributed by atoms with Gasteiger partial charge in [0.15, 0.2) is 0 Å². The zero-order chi connectivity index (χ0) is 16.8. The molecule has 0 saturated carbocycles. The van der Waals surface area contributed by atoms with Gasteiger partial charge in [0, 0.05) is 0 Å². The van der Waals surface area contributed by atoms with Crippen LogP contribution >= 0.6 is 0 Å². The van der Waals surface area contributed by atoms with Crippen molar-refractivity contribution in [3.05, 3.63) is 0 Å². The summed E-state index contributed by atoms with van der Waals surface area (Å²) in [5, 5.41) is 13.8. The molecule has 0 spiro atoms. The summed E-state index contributed by atoms with van der Waals surface area (Å²) in [6.07, 6.45) is 12.0. The van der Waals surface area contributed by atoms with Crippen LogP contribution in [0.15, 0.2) is 0 Å². The van der Waals surface area contributed by atoms with Gasteiger partial charge in [-0.3, -0.25) is 0 Å². The summed E-state index contributed by atoms with van der Waals surface area (Å²) in [4.78, 5) is 0. The number of rotatable bonds is 20. The Morgan fingerprint density at radius 3 is 0.957 bits per heavy atom. The van der Waals surface area contributed by atoms with E-state index in [9.17, 15) is 0 Å². The first kappa shape index (κ1) is 22.8. The standard InChI is InChI=1S/C19H44N4/c1-3-20-14-10-12-18-22-16-8-6-5-7-9-17-23-19-13-11-15-21-4-2/h20-23H,3-19H2,1-2H3. The van der Waals surface area contributed by atoms with Crippen LogP contribution in [0.25, 0.3) is 0 Å². The molecule has 4 nitrogen and oxygen atoms in total. The lowest BCUT2D eigenvalue weighted by Gasteiger charge is -2.06. The van der Waals surface area contributed by atoms with E-state index in [1.807, 2.05) is 0 Å². The van der Waals surface area contributed by atoms with Gasteiger partial charge in [0.1, 0.15) is 0 Å². The minimum absolute atomic E-state index is 1.10. The summed E-state index contributed by atoms with van der Waals surface area (Å²) in [7, 11) is 0. The quantitative estimate of drug-likeness (QED) is 0.260. The summed E-state index contributed by atoms with van der Waals surface area (Å²) < 4.78 is 0. The predicted octanol–water partition coefficient (Wildman–Crippen LogP) is 2.90. The normalized spacial score (nSPS) is 11.2. The molecule has 0 heterocycles. The second-order valence-corrected chi connectivity index (χ2v) is 6.39. The first-order valence-corrected chi connectivity index (χ1v) is 10.2. The molecular formula is C19H44N4. The van der Waals surface area contributed by atoms with E-state index in [1.165, 1.54) is 97.1 Å². The van der Waals surface area contributed by atoms with Crippen LogP contribution in [0.5, 0.6) is 0 Å². The summed E-state index contributed by atoms with van der Waals surface area (Å²) in [5.74, 6) is 0. The highest BCUT2D eigenvalue weighted by atomic mass is 14.9. The van der Waals surface area contributed by atoms with Crippen LogP contribution in [0.4, 0.5) is 0 Å². The summed E-state index contributed by atoms with van der Waals surface area (Å²) >= 11 is 0. The summed E-state index contributed by atoms with van der Waals surface area (Å²) in [6, 6.07) is 0. The minimum atomic E-state index is 1.10. The number of nitrogens with one attached hydrogen (secondary N) is 4. The van der Waals surface area contributed by atoms with Crippen molar-refractivity contribution < 1.29 is 0 Å². The lowest BCUT2D eigenvalue weighted by atomic mass is 10.1. The molecule has 0 bridgehead atoms. The number of hydrogen-bond donors (Lipinski definition) is 4. The fraction of sp³-hybridized carbons (Fsp3) is 1.00. The van der Waals surface area contributed by atoms with Crippen LogP contribution in [-0.2, 0) is 0 Å². The van der Waals surface area contributed by atoms with Crippen LogP contribution in [-0.4, -0.2) is 52.4 Å². The van der Waals surface area contributed by atoms with Gasteiger partial charge in [-0.15, -0.1) is 0 Å². The minimum Gasteiger partial charge on any atom is -0.317 e. The second-order valence-electron chi connectivity index (χ2n) is 6.39. The maximum absolute atomic E-state index is 3.56. The van der Waals surface area contributed by atoms with Crippen molar-refractivity contribution in [3.63, 3.8) is 0 Å². The predicted molar refractivity (Wildman–Crippen MR) is 104 cm³/mol. The maximum atomic E-state index is 3.56. The molecule has 4 heteroatoms. The second kappa shape index (κ2) is 21.8. The van der Waals surface area contributed by atoms with Crippen molar-refractivity contribution in [3.8, 4) is 0 Å². The molecule has 0 radical (unpaired) electrons.